The van der Waals surface area contributed by atoms with E-state index in [1.807, 2.05) is 6.92 Å². The lowest BCUT2D eigenvalue weighted by molar-refractivity contribution is -0.138. The Hall–Kier alpha value is -2.30. The summed E-state index contributed by atoms with van der Waals surface area (Å²) in [6.07, 6.45) is 2.41. The van der Waals surface area contributed by atoms with Gasteiger partial charge in [0.05, 0.1) is 0 Å². The predicted octanol–water partition coefficient (Wildman–Crippen LogP) is 2.35. The minimum atomic E-state index is -0.910. The first-order valence-corrected chi connectivity index (χ1v) is 6.55. The van der Waals surface area contributed by atoms with Crippen molar-refractivity contribution >= 4 is 17.7 Å². The molecular formula is C15H18N2O3. The van der Waals surface area contributed by atoms with E-state index in [1.54, 1.807) is 30.3 Å². The highest BCUT2D eigenvalue weighted by atomic mass is 16.4. The summed E-state index contributed by atoms with van der Waals surface area (Å²) in [6, 6.07) is 6.82. The number of carbonyl (C=O) groups is 2. The molecule has 1 aliphatic rings. The van der Waals surface area contributed by atoms with Crippen LogP contribution in [0.2, 0.25) is 0 Å². The molecule has 2 N–H and O–H groups in total. The van der Waals surface area contributed by atoms with E-state index in [9.17, 15) is 14.7 Å². The Bertz CT molecular complexity index is 542. The Morgan fingerprint density at radius 1 is 1.55 bits per heavy atom. The maximum atomic E-state index is 12.2. The number of rotatable bonds is 4. The van der Waals surface area contributed by atoms with Crippen LogP contribution in [-0.2, 0) is 4.79 Å². The number of nitrogens with zero attached hydrogens (tertiary/aromatic N) is 1. The predicted molar refractivity (Wildman–Crippen MR) is 77.0 cm³/mol. The lowest BCUT2D eigenvalue weighted by Crippen LogP contribution is -2.43. The van der Waals surface area contributed by atoms with E-state index >= 15 is 0 Å². The molecule has 2 atom stereocenters. The van der Waals surface area contributed by atoms with Crippen LogP contribution in [0.25, 0.3) is 0 Å². The van der Waals surface area contributed by atoms with Gasteiger partial charge in [-0.1, -0.05) is 24.3 Å². The first-order valence-electron chi connectivity index (χ1n) is 6.55. The van der Waals surface area contributed by atoms with Crippen LogP contribution in [0, 0.1) is 0 Å². The first kappa shape index (κ1) is 14.1. The minimum absolute atomic E-state index is 0.0314. The SMILES string of the molecule is C=CCC(C)NC(=O)N1CC(C(=O)O)c2ccccc21. The van der Waals surface area contributed by atoms with Gasteiger partial charge in [0.1, 0.15) is 5.92 Å². The Morgan fingerprint density at radius 3 is 2.90 bits per heavy atom. The van der Waals surface area contributed by atoms with E-state index in [1.165, 1.54) is 4.90 Å². The van der Waals surface area contributed by atoms with Crippen LogP contribution in [0.1, 0.15) is 24.8 Å². The molecule has 0 fully saturated rings. The molecule has 0 saturated heterocycles. The van der Waals surface area contributed by atoms with Gasteiger partial charge >= 0.3 is 12.0 Å². The van der Waals surface area contributed by atoms with Crippen molar-refractivity contribution in [3.63, 3.8) is 0 Å². The minimum Gasteiger partial charge on any atom is -0.481 e. The summed E-state index contributed by atoms with van der Waals surface area (Å²) in [7, 11) is 0. The smallest absolute Gasteiger partial charge is 0.322 e. The molecule has 0 saturated carbocycles. The van der Waals surface area contributed by atoms with Gasteiger partial charge in [0, 0.05) is 18.3 Å². The van der Waals surface area contributed by atoms with Crippen molar-refractivity contribution in [3.8, 4) is 0 Å². The molecule has 2 unspecified atom stereocenters. The van der Waals surface area contributed by atoms with Crippen molar-refractivity contribution in [3.05, 3.63) is 42.5 Å². The molecule has 1 heterocycles. The van der Waals surface area contributed by atoms with Gasteiger partial charge in [-0.2, -0.15) is 0 Å². The molecule has 1 aromatic carbocycles. The molecule has 1 aliphatic heterocycles. The van der Waals surface area contributed by atoms with Crippen LogP contribution < -0.4 is 10.2 Å². The van der Waals surface area contributed by atoms with E-state index in [4.69, 9.17) is 0 Å². The molecule has 0 radical (unpaired) electrons. The summed E-state index contributed by atoms with van der Waals surface area (Å²) in [5.41, 5.74) is 1.36. The molecule has 1 aromatic rings. The summed E-state index contributed by atoms with van der Waals surface area (Å²) in [5, 5.41) is 12.1. The number of aliphatic carboxylic acids is 1. The lowest BCUT2D eigenvalue weighted by Gasteiger charge is -2.21. The van der Waals surface area contributed by atoms with Crippen LogP contribution in [0.15, 0.2) is 36.9 Å². The van der Waals surface area contributed by atoms with E-state index in [-0.39, 0.29) is 18.6 Å². The van der Waals surface area contributed by atoms with Gasteiger partial charge in [-0.25, -0.2) is 4.79 Å². The van der Waals surface area contributed by atoms with Gasteiger partial charge in [0.2, 0.25) is 0 Å². The molecular weight excluding hydrogens is 256 g/mol. The third kappa shape index (κ3) is 2.66. The maximum absolute atomic E-state index is 12.2. The highest BCUT2D eigenvalue weighted by Crippen LogP contribution is 2.36. The summed E-state index contributed by atoms with van der Waals surface area (Å²) >= 11 is 0. The van der Waals surface area contributed by atoms with Gasteiger partial charge in [0.15, 0.2) is 0 Å². The number of carboxylic acids is 1. The molecule has 20 heavy (non-hydrogen) atoms. The number of amides is 2. The number of urea groups is 1. The highest BCUT2D eigenvalue weighted by Gasteiger charge is 2.36. The molecule has 2 amide bonds. The molecule has 5 heteroatoms. The third-order valence-corrected chi connectivity index (χ3v) is 3.40. The fourth-order valence-corrected chi connectivity index (χ4v) is 2.41. The van der Waals surface area contributed by atoms with Gasteiger partial charge in [-0.15, -0.1) is 6.58 Å². The number of hydrogen-bond donors (Lipinski definition) is 2. The molecule has 106 valence electrons. The summed E-state index contributed by atoms with van der Waals surface area (Å²) < 4.78 is 0. The average Bonchev–Trinajstić information content (AvgIpc) is 2.78. The Labute approximate surface area is 117 Å². The number of carboxylic acid groups (broad SMARTS) is 1. The number of fused-ring (bicyclic) bond motifs is 1. The molecule has 0 aliphatic carbocycles. The van der Waals surface area contributed by atoms with E-state index in [2.05, 4.69) is 11.9 Å². The normalized spacial score (nSPS) is 18.2. The van der Waals surface area contributed by atoms with Gasteiger partial charge in [-0.05, 0) is 25.0 Å². The quantitative estimate of drug-likeness (QED) is 0.828. The summed E-state index contributed by atoms with van der Waals surface area (Å²) in [6.45, 7) is 5.69. The maximum Gasteiger partial charge on any atom is 0.322 e. The third-order valence-electron chi connectivity index (χ3n) is 3.40. The molecule has 5 nitrogen and oxygen atoms in total. The second-order valence-electron chi connectivity index (χ2n) is 4.94. The lowest BCUT2D eigenvalue weighted by atomic mass is 10.0. The summed E-state index contributed by atoms with van der Waals surface area (Å²) in [4.78, 5) is 25.0. The topological polar surface area (TPSA) is 69.6 Å². The van der Waals surface area contributed by atoms with E-state index in [0.29, 0.717) is 17.7 Å². The van der Waals surface area contributed by atoms with Gasteiger partial charge < -0.3 is 10.4 Å². The molecule has 0 spiro atoms. The van der Waals surface area contributed by atoms with Crippen LogP contribution in [0.5, 0.6) is 0 Å². The van der Waals surface area contributed by atoms with Crippen LogP contribution >= 0.6 is 0 Å². The van der Waals surface area contributed by atoms with E-state index in [0.717, 1.165) is 0 Å². The number of anilines is 1. The fourth-order valence-electron chi connectivity index (χ4n) is 2.41. The second-order valence-corrected chi connectivity index (χ2v) is 4.94. The van der Waals surface area contributed by atoms with Crippen LogP contribution in [-0.4, -0.2) is 29.7 Å². The van der Waals surface area contributed by atoms with E-state index < -0.39 is 11.9 Å². The Kier molecular flexibility index (Phi) is 4.08. The highest BCUT2D eigenvalue weighted by molar-refractivity contribution is 5.98. The number of hydrogen-bond acceptors (Lipinski definition) is 2. The average molecular weight is 274 g/mol. The molecule has 0 aromatic heterocycles. The number of para-hydroxylation sites is 1. The van der Waals surface area contributed by atoms with Gasteiger partial charge in [-0.3, -0.25) is 9.69 Å². The number of carbonyl (C=O) groups excluding carboxylic acids is 1. The van der Waals surface area contributed by atoms with Crippen molar-refractivity contribution in [1.82, 2.24) is 5.32 Å². The zero-order valence-corrected chi connectivity index (χ0v) is 11.4. The summed E-state index contributed by atoms with van der Waals surface area (Å²) in [5.74, 6) is -1.57. The second kappa shape index (κ2) is 5.77. The first-order chi connectivity index (χ1) is 9.54. The largest absolute Gasteiger partial charge is 0.481 e. The van der Waals surface area contributed by atoms with Crippen molar-refractivity contribution in [2.75, 3.05) is 11.4 Å². The van der Waals surface area contributed by atoms with Crippen LogP contribution in [0.3, 0.4) is 0 Å². The Morgan fingerprint density at radius 2 is 2.25 bits per heavy atom. The van der Waals surface area contributed by atoms with Gasteiger partial charge in [0.25, 0.3) is 0 Å². The Balaban J connectivity index is 2.20. The number of nitrogens with one attached hydrogen (secondary N) is 1. The number of benzene rings is 1. The molecule has 2 rings (SSSR count). The zero-order valence-electron chi connectivity index (χ0n) is 11.4. The standard InChI is InChI=1S/C15H18N2O3/c1-3-6-10(2)16-15(20)17-9-12(14(18)19)11-7-4-5-8-13(11)17/h3-5,7-8,10,12H,1,6,9H2,2H3,(H,16,20)(H,18,19). The van der Waals surface area contributed by atoms with Crippen molar-refractivity contribution in [1.29, 1.82) is 0 Å². The zero-order chi connectivity index (χ0) is 14.7. The van der Waals surface area contributed by atoms with Crippen molar-refractivity contribution in [2.24, 2.45) is 0 Å². The molecule has 0 bridgehead atoms. The van der Waals surface area contributed by atoms with Crippen molar-refractivity contribution in [2.45, 2.75) is 25.3 Å². The monoisotopic (exact) mass is 274 g/mol. The van der Waals surface area contributed by atoms with Crippen molar-refractivity contribution < 1.29 is 14.7 Å². The fraction of sp³-hybridized carbons (Fsp3) is 0.333. The van der Waals surface area contributed by atoms with Crippen LogP contribution in [0.4, 0.5) is 10.5 Å².